The largest absolute Gasteiger partial charge is 0.307 e. The van der Waals surface area contributed by atoms with Gasteiger partial charge in [-0.2, -0.15) is 0 Å². The molecule has 0 saturated carbocycles. The lowest BCUT2D eigenvalue weighted by Crippen LogP contribution is -2.30. The number of alkyl halides is 1. The summed E-state index contributed by atoms with van der Waals surface area (Å²) in [7, 11) is 0. The highest BCUT2D eigenvalue weighted by Gasteiger charge is 2.24. The van der Waals surface area contributed by atoms with E-state index in [4.69, 9.17) is 0 Å². The first-order chi connectivity index (χ1) is 6.86. The standard InChI is InChI=1S/C11H18BrNOS/c1-8-7-15-10(14)13(8)6-9(5-12)11(2,3)4/h7,9H,5-6H2,1-4H3. The van der Waals surface area contributed by atoms with Crippen LogP contribution in [-0.2, 0) is 6.54 Å². The number of halogens is 1. The van der Waals surface area contributed by atoms with Crippen LogP contribution >= 0.6 is 27.3 Å². The van der Waals surface area contributed by atoms with Crippen LogP contribution in [0.25, 0.3) is 0 Å². The van der Waals surface area contributed by atoms with E-state index in [9.17, 15) is 4.79 Å². The molecule has 1 rings (SSSR count). The van der Waals surface area contributed by atoms with Crippen molar-refractivity contribution in [1.82, 2.24) is 4.57 Å². The van der Waals surface area contributed by atoms with Crippen molar-refractivity contribution in [3.05, 3.63) is 20.7 Å². The molecule has 0 aliphatic heterocycles. The Bertz CT molecular complexity index is 375. The lowest BCUT2D eigenvalue weighted by atomic mass is 9.82. The molecule has 4 heteroatoms. The van der Waals surface area contributed by atoms with E-state index < -0.39 is 0 Å². The second-order valence-electron chi connectivity index (χ2n) is 4.97. The maximum absolute atomic E-state index is 11.6. The Morgan fingerprint density at radius 3 is 2.47 bits per heavy atom. The average molecular weight is 292 g/mol. The van der Waals surface area contributed by atoms with E-state index in [0.29, 0.717) is 5.92 Å². The predicted molar refractivity (Wildman–Crippen MR) is 70.1 cm³/mol. The first-order valence-corrected chi connectivity index (χ1v) is 7.07. The Morgan fingerprint density at radius 2 is 2.13 bits per heavy atom. The lowest BCUT2D eigenvalue weighted by Gasteiger charge is -2.29. The van der Waals surface area contributed by atoms with Crippen molar-refractivity contribution in [2.45, 2.75) is 34.2 Å². The molecular formula is C11H18BrNOS. The van der Waals surface area contributed by atoms with Crippen LogP contribution in [-0.4, -0.2) is 9.90 Å². The van der Waals surface area contributed by atoms with Gasteiger partial charge in [-0.05, 0) is 18.3 Å². The first-order valence-electron chi connectivity index (χ1n) is 5.07. The van der Waals surface area contributed by atoms with Gasteiger partial charge in [0.2, 0.25) is 0 Å². The zero-order valence-corrected chi connectivity index (χ0v) is 12.1. The van der Waals surface area contributed by atoms with Crippen LogP contribution in [0, 0.1) is 18.3 Å². The van der Waals surface area contributed by atoms with Crippen molar-refractivity contribution in [3.63, 3.8) is 0 Å². The summed E-state index contributed by atoms with van der Waals surface area (Å²) >= 11 is 4.82. The molecule has 2 nitrogen and oxygen atoms in total. The summed E-state index contributed by atoms with van der Waals surface area (Å²) in [6, 6.07) is 0. The van der Waals surface area contributed by atoms with E-state index in [1.165, 1.54) is 11.3 Å². The number of rotatable bonds is 3. The number of hydrogen-bond donors (Lipinski definition) is 0. The molecule has 0 aromatic carbocycles. The molecule has 1 heterocycles. The molecule has 1 aromatic rings. The van der Waals surface area contributed by atoms with E-state index in [2.05, 4.69) is 36.7 Å². The van der Waals surface area contributed by atoms with Crippen molar-refractivity contribution in [1.29, 1.82) is 0 Å². The minimum atomic E-state index is 0.155. The maximum atomic E-state index is 11.6. The number of aromatic nitrogens is 1. The van der Waals surface area contributed by atoms with Gasteiger partial charge in [0.15, 0.2) is 0 Å². The van der Waals surface area contributed by atoms with Gasteiger partial charge < -0.3 is 4.57 Å². The Hall–Kier alpha value is -0.0900. The highest BCUT2D eigenvalue weighted by Crippen LogP contribution is 2.29. The highest BCUT2D eigenvalue weighted by atomic mass is 79.9. The second-order valence-corrected chi connectivity index (χ2v) is 6.44. The quantitative estimate of drug-likeness (QED) is 0.784. The van der Waals surface area contributed by atoms with Crippen LogP contribution in [0.2, 0.25) is 0 Å². The van der Waals surface area contributed by atoms with Crippen LogP contribution in [0.15, 0.2) is 10.2 Å². The summed E-state index contributed by atoms with van der Waals surface area (Å²) in [5.41, 5.74) is 1.29. The minimum Gasteiger partial charge on any atom is -0.303 e. The van der Waals surface area contributed by atoms with Crippen LogP contribution in [0.4, 0.5) is 0 Å². The fourth-order valence-corrected chi connectivity index (χ4v) is 3.32. The van der Waals surface area contributed by atoms with Gasteiger partial charge in [0, 0.05) is 22.9 Å². The molecule has 0 aliphatic rings. The molecule has 0 spiro atoms. The monoisotopic (exact) mass is 291 g/mol. The normalized spacial score (nSPS) is 14.2. The third-order valence-corrected chi connectivity index (χ3v) is 4.45. The number of nitrogens with zero attached hydrogens (tertiary/aromatic N) is 1. The summed E-state index contributed by atoms with van der Waals surface area (Å²) in [6.45, 7) is 9.44. The Morgan fingerprint density at radius 1 is 1.53 bits per heavy atom. The molecular weight excluding hydrogens is 274 g/mol. The minimum absolute atomic E-state index is 0.155. The van der Waals surface area contributed by atoms with Crippen LogP contribution in [0.1, 0.15) is 26.5 Å². The fourth-order valence-electron chi connectivity index (χ4n) is 1.40. The topological polar surface area (TPSA) is 22.0 Å². The van der Waals surface area contributed by atoms with Gasteiger partial charge in [0.25, 0.3) is 0 Å². The van der Waals surface area contributed by atoms with Gasteiger partial charge in [0.1, 0.15) is 0 Å². The van der Waals surface area contributed by atoms with E-state index in [1.807, 2.05) is 16.9 Å². The van der Waals surface area contributed by atoms with Gasteiger partial charge in [-0.1, -0.05) is 48.0 Å². The van der Waals surface area contributed by atoms with Crippen molar-refractivity contribution < 1.29 is 0 Å². The van der Waals surface area contributed by atoms with Crippen molar-refractivity contribution >= 4 is 27.3 Å². The summed E-state index contributed by atoms with van der Waals surface area (Å²) in [5, 5.41) is 2.86. The van der Waals surface area contributed by atoms with Gasteiger partial charge >= 0.3 is 4.87 Å². The third-order valence-electron chi connectivity index (χ3n) is 2.79. The summed E-state index contributed by atoms with van der Waals surface area (Å²) in [6.07, 6.45) is 0. The van der Waals surface area contributed by atoms with Crippen LogP contribution in [0.3, 0.4) is 0 Å². The lowest BCUT2D eigenvalue weighted by molar-refractivity contribution is 0.237. The number of aryl methyl sites for hydroxylation is 1. The van der Waals surface area contributed by atoms with E-state index in [-0.39, 0.29) is 10.3 Å². The third kappa shape index (κ3) is 3.18. The molecule has 86 valence electrons. The van der Waals surface area contributed by atoms with Gasteiger partial charge in [0.05, 0.1) is 0 Å². The van der Waals surface area contributed by atoms with Gasteiger partial charge in [-0.25, -0.2) is 0 Å². The zero-order valence-electron chi connectivity index (χ0n) is 9.71. The summed E-state index contributed by atoms with van der Waals surface area (Å²) in [5.74, 6) is 0.475. The SMILES string of the molecule is Cc1csc(=O)n1CC(CBr)C(C)(C)C. The van der Waals surface area contributed by atoms with Crippen molar-refractivity contribution in [3.8, 4) is 0 Å². The molecule has 0 radical (unpaired) electrons. The molecule has 1 aromatic heterocycles. The first kappa shape index (κ1) is 13.0. The molecule has 0 amide bonds. The summed E-state index contributed by atoms with van der Waals surface area (Å²) < 4.78 is 1.88. The molecule has 0 fully saturated rings. The predicted octanol–water partition coefficient (Wildman–Crippen LogP) is 3.28. The van der Waals surface area contributed by atoms with Crippen molar-refractivity contribution in [2.75, 3.05) is 5.33 Å². The Labute approximate surface area is 103 Å². The highest BCUT2D eigenvalue weighted by molar-refractivity contribution is 9.09. The Balaban J connectivity index is 2.89. The number of thiazole rings is 1. The summed E-state index contributed by atoms with van der Waals surface area (Å²) in [4.78, 5) is 11.7. The molecule has 1 atom stereocenters. The average Bonchev–Trinajstić information content (AvgIpc) is 2.41. The van der Waals surface area contributed by atoms with E-state index >= 15 is 0 Å². The van der Waals surface area contributed by atoms with Gasteiger partial charge in [-0.15, -0.1) is 0 Å². The molecule has 15 heavy (non-hydrogen) atoms. The Kier molecular flexibility index (Phi) is 4.18. The van der Waals surface area contributed by atoms with E-state index in [1.54, 1.807) is 0 Å². The fraction of sp³-hybridized carbons (Fsp3) is 0.727. The number of hydrogen-bond acceptors (Lipinski definition) is 2. The van der Waals surface area contributed by atoms with Crippen LogP contribution < -0.4 is 4.87 Å². The molecule has 0 aliphatic carbocycles. The van der Waals surface area contributed by atoms with E-state index in [0.717, 1.165) is 17.6 Å². The van der Waals surface area contributed by atoms with Crippen molar-refractivity contribution in [2.24, 2.45) is 11.3 Å². The van der Waals surface area contributed by atoms with Gasteiger partial charge in [-0.3, -0.25) is 4.79 Å². The van der Waals surface area contributed by atoms with Crippen LogP contribution in [0.5, 0.6) is 0 Å². The zero-order chi connectivity index (χ0) is 11.6. The second kappa shape index (κ2) is 4.83. The molecule has 1 unspecified atom stereocenters. The smallest absolute Gasteiger partial charge is 0.303 e. The molecule has 0 bridgehead atoms. The molecule has 0 saturated heterocycles. The molecule has 0 N–H and O–H groups in total. The maximum Gasteiger partial charge on any atom is 0.307 e.